The molecule has 0 aliphatic heterocycles. The quantitative estimate of drug-likeness (QED) is 0.348. The van der Waals surface area contributed by atoms with Gasteiger partial charge in [-0.25, -0.2) is 0 Å². The van der Waals surface area contributed by atoms with Crippen molar-refractivity contribution in [1.82, 2.24) is 14.8 Å². The predicted molar refractivity (Wildman–Crippen MR) is 119 cm³/mol. The topological polar surface area (TPSA) is 73.0 Å². The van der Waals surface area contributed by atoms with E-state index in [1.165, 1.54) is 24.5 Å². The van der Waals surface area contributed by atoms with E-state index in [0.717, 1.165) is 23.4 Å². The highest BCUT2D eigenvalue weighted by Crippen LogP contribution is 2.35. The van der Waals surface area contributed by atoms with Gasteiger partial charge >= 0.3 is 6.18 Å². The summed E-state index contributed by atoms with van der Waals surface area (Å²) >= 11 is 1.10. The van der Waals surface area contributed by atoms with Gasteiger partial charge in [0, 0.05) is 0 Å². The third-order valence-electron chi connectivity index (χ3n) is 4.78. The maximum absolute atomic E-state index is 13.3. The molecule has 4 aromatic rings. The Balaban J connectivity index is 1.57. The molecular weight excluding hydrogens is 453 g/mol. The van der Waals surface area contributed by atoms with Crippen LogP contribution >= 0.6 is 11.8 Å². The maximum atomic E-state index is 13.3. The molecule has 0 radical (unpaired) electrons. The number of hydrogen-bond donors (Lipinski definition) is 1. The summed E-state index contributed by atoms with van der Waals surface area (Å²) in [6, 6.07) is 18.0. The van der Waals surface area contributed by atoms with Gasteiger partial charge in [-0.2, -0.15) is 13.2 Å². The molecule has 2 heterocycles. The van der Waals surface area contributed by atoms with Crippen molar-refractivity contribution in [2.45, 2.75) is 30.1 Å². The second-order valence-corrected chi connectivity index (χ2v) is 8.46. The zero-order valence-corrected chi connectivity index (χ0v) is 18.2. The largest absolute Gasteiger partial charge is 0.461 e. The second kappa shape index (κ2) is 9.53. The Kier molecular flexibility index (Phi) is 6.55. The van der Waals surface area contributed by atoms with Gasteiger partial charge in [-0.15, -0.1) is 10.2 Å². The average molecular weight is 472 g/mol. The molecule has 6 nitrogen and oxygen atoms in total. The lowest BCUT2D eigenvalue weighted by atomic mass is 10.1. The fourth-order valence-electron chi connectivity index (χ4n) is 3.16. The van der Waals surface area contributed by atoms with E-state index in [-0.39, 0.29) is 5.69 Å². The fraction of sp³-hybridized carbons (Fsp3) is 0.174. The minimum Gasteiger partial charge on any atom is -0.461 e. The summed E-state index contributed by atoms with van der Waals surface area (Å²) in [6.45, 7) is 2.03. The highest BCUT2D eigenvalue weighted by Gasteiger charge is 2.34. The number of carbonyl (C=O) groups is 1. The van der Waals surface area contributed by atoms with Crippen molar-refractivity contribution in [2.75, 3.05) is 5.32 Å². The number of nitrogens with zero attached hydrogens (tertiary/aromatic N) is 3. The van der Waals surface area contributed by atoms with Crippen LogP contribution in [0.1, 0.15) is 18.1 Å². The molecule has 0 fully saturated rings. The number of thioether (sulfide) groups is 1. The zero-order chi connectivity index (χ0) is 23.4. The molecule has 1 atom stereocenters. The first kappa shape index (κ1) is 22.7. The molecule has 0 bridgehead atoms. The van der Waals surface area contributed by atoms with Crippen LogP contribution in [-0.4, -0.2) is 25.9 Å². The van der Waals surface area contributed by atoms with Crippen LogP contribution in [0.2, 0.25) is 0 Å². The molecule has 0 saturated carbocycles. The molecule has 1 N–H and O–H groups in total. The first-order valence-electron chi connectivity index (χ1n) is 9.97. The van der Waals surface area contributed by atoms with E-state index in [1.807, 2.05) is 34.9 Å². The van der Waals surface area contributed by atoms with Crippen LogP contribution in [0.4, 0.5) is 18.9 Å². The molecule has 2 aromatic carbocycles. The Morgan fingerprint density at radius 3 is 2.48 bits per heavy atom. The number of benzene rings is 2. The number of alkyl halides is 3. The van der Waals surface area contributed by atoms with Gasteiger partial charge in [0.1, 0.15) is 0 Å². The average Bonchev–Trinajstić information content (AvgIpc) is 3.44. The molecule has 33 heavy (non-hydrogen) atoms. The van der Waals surface area contributed by atoms with Crippen molar-refractivity contribution in [3.05, 3.63) is 84.1 Å². The standard InChI is InChI=1S/C23H19F3N4O2S/c1-15(21(31)27-18-11-6-5-10-17(18)23(24,25)26)33-22-29-28-20(19-12-7-13-32-19)30(22)14-16-8-3-2-4-9-16/h2-13,15H,14H2,1H3,(H,27,31). The van der Waals surface area contributed by atoms with Gasteiger partial charge in [0.05, 0.1) is 29.3 Å². The number of amides is 1. The van der Waals surface area contributed by atoms with Crippen LogP contribution in [-0.2, 0) is 17.5 Å². The van der Waals surface area contributed by atoms with Crippen LogP contribution < -0.4 is 5.32 Å². The Morgan fingerprint density at radius 1 is 1.06 bits per heavy atom. The summed E-state index contributed by atoms with van der Waals surface area (Å²) in [4.78, 5) is 12.7. The minimum absolute atomic E-state index is 0.288. The summed E-state index contributed by atoms with van der Waals surface area (Å²) in [5, 5.41) is 10.5. The summed E-state index contributed by atoms with van der Waals surface area (Å²) < 4.78 is 47.1. The monoisotopic (exact) mass is 472 g/mol. The van der Waals surface area contributed by atoms with Crippen molar-refractivity contribution in [2.24, 2.45) is 0 Å². The third kappa shape index (κ3) is 5.28. The molecular formula is C23H19F3N4O2S. The fourth-order valence-corrected chi connectivity index (χ4v) is 4.01. The van der Waals surface area contributed by atoms with E-state index in [1.54, 1.807) is 19.1 Å². The number of carbonyl (C=O) groups excluding carboxylic acids is 1. The molecule has 10 heteroatoms. The molecule has 0 saturated heterocycles. The highest BCUT2D eigenvalue weighted by atomic mass is 32.2. The predicted octanol–water partition coefficient (Wildman–Crippen LogP) is 5.72. The van der Waals surface area contributed by atoms with Crippen LogP contribution in [0.3, 0.4) is 0 Å². The normalized spacial score (nSPS) is 12.5. The number of halogens is 3. The van der Waals surface area contributed by atoms with E-state index in [0.29, 0.717) is 23.3 Å². The van der Waals surface area contributed by atoms with Gasteiger partial charge in [0.25, 0.3) is 0 Å². The van der Waals surface area contributed by atoms with Crippen LogP contribution in [0.25, 0.3) is 11.6 Å². The van der Waals surface area contributed by atoms with Crippen molar-refractivity contribution >= 4 is 23.4 Å². The highest BCUT2D eigenvalue weighted by molar-refractivity contribution is 8.00. The van der Waals surface area contributed by atoms with E-state index in [9.17, 15) is 18.0 Å². The maximum Gasteiger partial charge on any atom is 0.418 e. The van der Waals surface area contributed by atoms with Crippen molar-refractivity contribution in [3.63, 3.8) is 0 Å². The third-order valence-corrected chi connectivity index (χ3v) is 5.86. The number of furan rings is 1. The number of anilines is 1. The molecule has 1 unspecified atom stereocenters. The summed E-state index contributed by atoms with van der Waals surface area (Å²) in [7, 11) is 0. The lowest BCUT2D eigenvalue weighted by molar-refractivity contribution is -0.137. The molecule has 0 aliphatic rings. The summed E-state index contributed by atoms with van der Waals surface area (Å²) in [5.74, 6) is 0.424. The Hall–Kier alpha value is -3.53. The van der Waals surface area contributed by atoms with Crippen LogP contribution in [0.5, 0.6) is 0 Å². The van der Waals surface area contributed by atoms with Gasteiger partial charge in [-0.3, -0.25) is 9.36 Å². The van der Waals surface area contributed by atoms with Gasteiger partial charge < -0.3 is 9.73 Å². The number of nitrogens with one attached hydrogen (secondary N) is 1. The van der Waals surface area contributed by atoms with Gasteiger partial charge in [-0.05, 0) is 36.8 Å². The van der Waals surface area contributed by atoms with Gasteiger partial charge in [0.15, 0.2) is 10.9 Å². The number of hydrogen-bond acceptors (Lipinski definition) is 5. The Bertz CT molecular complexity index is 1220. The Morgan fingerprint density at radius 2 is 1.79 bits per heavy atom. The van der Waals surface area contributed by atoms with Gasteiger partial charge in [0.2, 0.25) is 11.7 Å². The van der Waals surface area contributed by atoms with E-state index in [2.05, 4.69) is 15.5 Å². The lowest BCUT2D eigenvalue weighted by Crippen LogP contribution is -2.24. The molecule has 2 aromatic heterocycles. The molecule has 0 spiro atoms. The summed E-state index contributed by atoms with van der Waals surface area (Å²) in [5.41, 5.74) is -0.199. The molecule has 1 amide bonds. The van der Waals surface area contributed by atoms with Crippen molar-refractivity contribution < 1.29 is 22.4 Å². The molecule has 0 aliphatic carbocycles. The number of rotatable bonds is 7. The smallest absolute Gasteiger partial charge is 0.418 e. The summed E-state index contributed by atoms with van der Waals surface area (Å²) in [6.07, 6.45) is -3.05. The lowest BCUT2D eigenvalue weighted by Gasteiger charge is -2.16. The molecule has 170 valence electrons. The molecule has 4 rings (SSSR count). The van der Waals surface area contributed by atoms with E-state index < -0.39 is 22.9 Å². The van der Waals surface area contributed by atoms with E-state index >= 15 is 0 Å². The minimum atomic E-state index is -4.58. The second-order valence-electron chi connectivity index (χ2n) is 7.15. The van der Waals surface area contributed by atoms with Crippen molar-refractivity contribution in [3.8, 4) is 11.6 Å². The van der Waals surface area contributed by atoms with Crippen molar-refractivity contribution in [1.29, 1.82) is 0 Å². The SMILES string of the molecule is CC(Sc1nnc(-c2ccco2)n1Cc1ccccc1)C(=O)Nc1ccccc1C(F)(F)F. The van der Waals surface area contributed by atoms with Gasteiger partial charge in [-0.1, -0.05) is 54.2 Å². The van der Waals surface area contributed by atoms with Crippen LogP contribution in [0.15, 0.2) is 82.6 Å². The Labute approximate surface area is 191 Å². The number of para-hydroxylation sites is 1. The zero-order valence-electron chi connectivity index (χ0n) is 17.4. The van der Waals surface area contributed by atoms with Crippen LogP contribution in [0, 0.1) is 0 Å². The van der Waals surface area contributed by atoms with E-state index in [4.69, 9.17) is 4.42 Å². The first-order valence-corrected chi connectivity index (χ1v) is 10.9. The number of aromatic nitrogens is 3. The first-order chi connectivity index (χ1) is 15.8.